The summed E-state index contributed by atoms with van der Waals surface area (Å²) in [5.74, 6) is -4.53. The number of pyridine rings is 1. The molecule has 0 aromatic carbocycles. The first-order valence-corrected chi connectivity index (χ1v) is 11.7. The van der Waals surface area contributed by atoms with Gasteiger partial charge in [0.25, 0.3) is 0 Å². The highest BCUT2D eigenvalue weighted by Gasteiger charge is 2.41. The van der Waals surface area contributed by atoms with Gasteiger partial charge in [-0.15, -0.1) is 0 Å². The van der Waals surface area contributed by atoms with Crippen molar-refractivity contribution in [2.45, 2.75) is 37.8 Å². The molecule has 2 fully saturated rings. The Labute approximate surface area is 223 Å². The summed E-state index contributed by atoms with van der Waals surface area (Å²) >= 11 is 0. The third-order valence-corrected chi connectivity index (χ3v) is 5.86. The molecule has 3 atom stereocenters. The number of alkyl halides is 6. The summed E-state index contributed by atoms with van der Waals surface area (Å²) in [4.78, 5) is 36.6. The van der Waals surface area contributed by atoms with Crippen molar-refractivity contribution in [1.29, 1.82) is 0 Å². The van der Waals surface area contributed by atoms with Gasteiger partial charge in [0.2, 0.25) is 5.91 Å². The number of aliphatic carboxylic acids is 2. The molecule has 0 spiro atoms. The average Bonchev–Trinajstić information content (AvgIpc) is 3.44. The fourth-order valence-corrected chi connectivity index (χ4v) is 4.16. The largest absolute Gasteiger partial charge is 0.490 e. The van der Waals surface area contributed by atoms with E-state index in [0.29, 0.717) is 18.3 Å². The molecule has 2 aromatic heterocycles. The van der Waals surface area contributed by atoms with Crippen LogP contribution in [-0.2, 0) is 32.7 Å². The molecule has 3 N–H and O–H groups in total. The number of nitrogens with zero attached hydrogens (tertiary/aromatic N) is 4. The first kappa shape index (κ1) is 32.5. The van der Waals surface area contributed by atoms with Crippen molar-refractivity contribution in [1.82, 2.24) is 19.7 Å². The number of fused-ring (bicyclic) bond motifs is 1. The molecule has 2 aliphatic heterocycles. The molecule has 1 amide bonds. The number of carboxylic acid groups (broad SMARTS) is 2. The summed E-state index contributed by atoms with van der Waals surface area (Å²) in [5.41, 5.74) is 1.98. The lowest BCUT2D eigenvalue weighted by Gasteiger charge is -2.35. The Morgan fingerprint density at radius 3 is 2.23 bits per heavy atom. The van der Waals surface area contributed by atoms with Gasteiger partial charge in [-0.2, -0.15) is 31.4 Å². The highest BCUT2D eigenvalue weighted by atomic mass is 19.4. The number of carbonyl (C=O) groups excluding carboxylic acids is 1. The highest BCUT2D eigenvalue weighted by molar-refractivity contribution is 5.90. The van der Waals surface area contributed by atoms with Gasteiger partial charge in [0.15, 0.2) is 0 Å². The van der Waals surface area contributed by atoms with Crippen molar-refractivity contribution < 1.29 is 55.7 Å². The number of anilines is 1. The number of carboxylic acids is 2. The van der Waals surface area contributed by atoms with Gasteiger partial charge in [-0.1, -0.05) is 0 Å². The molecule has 4 heterocycles. The van der Waals surface area contributed by atoms with Crippen LogP contribution in [0.15, 0.2) is 36.9 Å². The summed E-state index contributed by atoms with van der Waals surface area (Å²) < 4.78 is 71.3. The van der Waals surface area contributed by atoms with Crippen LogP contribution in [0.25, 0.3) is 0 Å². The fourth-order valence-electron chi connectivity index (χ4n) is 4.16. The number of hydrogen-bond donors (Lipinski definition) is 3. The van der Waals surface area contributed by atoms with E-state index >= 15 is 0 Å². The molecule has 11 nitrogen and oxygen atoms in total. The number of nitrogens with one attached hydrogen (secondary N) is 1. The first-order valence-electron chi connectivity index (χ1n) is 11.7. The average molecular weight is 583 g/mol. The van der Waals surface area contributed by atoms with Crippen LogP contribution in [0.5, 0.6) is 0 Å². The maximum absolute atomic E-state index is 12.3. The third-order valence-electron chi connectivity index (χ3n) is 5.86. The molecule has 0 unspecified atom stereocenters. The van der Waals surface area contributed by atoms with Gasteiger partial charge in [-0.3, -0.25) is 19.4 Å². The van der Waals surface area contributed by atoms with Crippen LogP contribution in [0, 0.1) is 11.8 Å². The Kier molecular flexibility index (Phi) is 11.4. The SMILES string of the molecule is Cn1cc(CN2CC[C@@H]3[C@@H](CO[C@@H]3CC(=O)Nc3cccnc3)C2)cn1.O=C(O)C(F)(F)F.O=C(O)C(F)(F)F. The molecule has 222 valence electrons. The second-order valence-corrected chi connectivity index (χ2v) is 8.94. The predicted molar refractivity (Wildman–Crippen MR) is 125 cm³/mol. The summed E-state index contributed by atoms with van der Waals surface area (Å²) in [6.07, 6.45) is -1.29. The van der Waals surface area contributed by atoms with Gasteiger partial charge >= 0.3 is 24.3 Å². The number of aromatic nitrogens is 3. The lowest BCUT2D eigenvalue weighted by Crippen LogP contribution is -2.41. The van der Waals surface area contributed by atoms with Crippen LogP contribution in [0.3, 0.4) is 0 Å². The Bertz CT molecular complexity index is 1100. The Hall–Kier alpha value is -3.73. The molecule has 0 bridgehead atoms. The summed E-state index contributed by atoms with van der Waals surface area (Å²) in [7, 11) is 1.95. The predicted octanol–water partition coefficient (Wildman–Crippen LogP) is 2.95. The fraction of sp³-hybridized carbons (Fsp3) is 0.522. The molecule has 2 aromatic rings. The lowest BCUT2D eigenvalue weighted by molar-refractivity contribution is -0.193. The standard InChI is InChI=1S/C19H25N5O2.2C2HF3O2/c1-23-10-14(8-21-23)11-24-6-4-17-15(12-24)13-26-18(17)7-19(25)22-16-3-2-5-20-9-16;2*3-2(4,5)1(6)7/h2-3,5,8-10,15,17-18H,4,6-7,11-13H2,1H3,(H,22,25);2*(H,6,7)/t15-,17-,18-;;/m1../s1. The van der Waals surface area contributed by atoms with Crippen molar-refractivity contribution in [2.75, 3.05) is 25.0 Å². The van der Waals surface area contributed by atoms with Gasteiger partial charge in [0, 0.05) is 44.0 Å². The number of likely N-dealkylation sites (tertiary alicyclic amines) is 1. The zero-order chi connectivity index (χ0) is 30.1. The molecule has 2 aliphatic rings. The van der Waals surface area contributed by atoms with E-state index in [0.717, 1.165) is 38.3 Å². The van der Waals surface area contributed by atoms with Crippen LogP contribution in [0.4, 0.5) is 32.0 Å². The molecule has 17 heteroatoms. The number of piperidine rings is 1. The molecule has 0 aliphatic carbocycles. The Morgan fingerprint density at radius 1 is 1.10 bits per heavy atom. The number of carbonyl (C=O) groups is 3. The zero-order valence-corrected chi connectivity index (χ0v) is 21.0. The first-order chi connectivity index (χ1) is 18.6. The van der Waals surface area contributed by atoms with Crippen LogP contribution in [-0.4, -0.2) is 85.9 Å². The second kappa shape index (κ2) is 14.1. The number of halogens is 6. The van der Waals surface area contributed by atoms with Crippen molar-refractivity contribution in [3.63, 3.8) is 0 Å². The monoisotopic (exact) mass is 583 g/mol. The van der Waals surface area contributed by atoms with E-state index in [1.807, 2.05) is 30.1 Å². The van der Waals surface area contributed by atoms with E-state index in [4.69, 9.17) is 24.5 Å². The van der Waals surface area contributed by atoms with Crippen molar-refractivity contribution in [3.8, 4) is 0 Å². The maximum atomic E-state index is 12.3. The molecule has 2 saturated heterocycles. The smallest absolute Gasteiger partial charge is 0.475 e. The van der Waals surface area contributed by atoms with Crippen molar-refractivity contribution in [3.05, 3.63) is 42.5 Å². The minimum Gasteiger partial charge on any atom is -0.475 e. The van der Waals surface area contributed by atoms with E-state index < -0.39 is 24.3 Å². The number of rotatable bonds is 5. The van der Waals surface area contributed by atoms with E-state index in [9.17, 15) is 31.1 Å². The summed E-state index contributed by atoms with van der Waals surface area (Å²) in [6.45, 7) is 3.75. The second-order valence-electron chi connectivity index (χ2n) is 8.94. The highest BCUT2D eigenvalue weighted by Crippen LogP contribution is 2.36. The van der Waals surface area contributed by atoms with E-state index in [2.05, 4.69) is 26.5 Å². The molecular weight excluding hydrogens is 556 g/mol. The number of aryl methyl sites for hydroxylation is 1. The van der Waals surface area contributed by atoms with Gasteiger partial charge in [0.1, 0.15) is 0 Å². The number of ether oxygens (including phenoxy) is 1. The lowest BCUT2D eigenvalue weighted by atomic mass is 9.83. The molecular formula is C23H27F6N5O6. The van der Waals surface area contributed by atoms with Crippen LogP contribution in [0.1, 0.15) is 18.4 Å². The van der Waals surface area contributed by atoms with E-state index in [1.165, 1.54) is 5.56 Å². The maximum Gasteiger partial charge on any atom is 0.490 e. The quantitative estimate of drug-likeness (QED) is 0.452. The molecule has 4 rings (SSSR count). The normalized spacial score (nSPS) is 20.7. The van der Waals surface area contributed by atoms with Crippen LogP contribution >= 0.6 is 0 Å². The number of hydrogen-bond acceptors (Lipinski definition) is 7. The third kappa shape index (κ3) is 10.8. The molecule has 0 saturated carbocycles. The minimum absolute atomic E-state index is 0.00133. The summed E-state index contributed by atoms with van der Waals surface area (Å²) in [6, 6.07) is 3.66. The molecule has 0 radical (unpaired) electrons. The Morgan fingerprint density at radius 2 is 1.73 bits per heavy atom. The zero-order valence-electron chi connectivity index (χ0n) is 21.0. The van der Waals surface area contributed by atoms with Gasteiger partial charge in [-0.05, 0) is 31.0 Å². The van der Waals surface area contributed by atoms with Crippen molar-refractivity contribution in [2.24, 2.45) is 18.9 Å². The van der Waals surface area contributed by atoms with Gasteiger partial charge in [0.05, 0.1) is 37.2 Å². The summed E-state index contributed by atoms with van der Waals surface area (Å²) in [5, 5.41) is 21.4. The van der Waals surface area contributed by atoms with E-state index in [-0.39, 0.29) is 12.0 Å². The van der Waals surface area contributed by atoms with Gasteiger partial charge in [-0.25, -0.2) is 9.59 Å². The topological polar surface area (TPSA) is 147 Å². The van der Waals surface area contributed by atoms with Crippen molar-refractivity contribution >= 4 is 23.5 Å². The minimum atomic E-state index is -5.08. The van der Waals surface area contributed by atoms with Crippen LogP contribution < -0.4 is 5.32 Å². The van der Waals surface area contributed by atoms with Crippen LogP contribution in [0.2, 0.25) is 0 Å². The number of amides is 1. The molecule has 40 heavy (non-hydrogen) atoms. The van der Waals surface area contributed by atoms with Gasteiger partial charge < -0.3 is 20.3 Å². The Balaban J connectivity index is 0.000000333. The van der Waals surface area contributed by atoms with E-state index in [1.54, 1.807) is 12.4 Å².